The zero-order valence-corrected chi connectivity index (χ0v) is 20.3. The number of primary amides is 1. The fraction of sp³-hybridized carbons (Fsp3) is 0.360. The second-order valence-corrected chi connectivity index (χ2v) is 9.43. The number of benzene rings is 1. The highest BCUT2D eigenvalue weighted by Crippen LogP contribution is 2.38. The number of nitrogens with zero attached hydrogens (tertiary/aromatic N) is 5. The van der Waals surface area contributed by atoms with E-state index >= 15 is 0 Å². The standard InChI is InChI=1S/C25H26ClN7O2/c1-4-22(34)31-12-17(9-14(31)2)33-25(28-3)23(24(27)35)19(30-33)8-5-15-10-20-21(11-18(15)26)32(13-29-20)16-6-7-16/h4,10-11,13-14,16-17,28H,1,6-7,9,12H2,2-3H3,(H2,27,35)/t14-,17?/m1/s1. The third-order valence-electron chi connectivity index (χ3n) is 6.67. The summed E-state index contributed by atoms with van der Waals surface area (Å²) in [4.78, 5) is 30.8. The Kier molecular flexibility index (Phi) is 5.77. The maximum absolute atomic E-state index is 12.4. The monoisotopic (exact) mass is 491 g/mol. The van der Waals surface area contributed by atoms with Crippen molar-refractivity contribution in [1.82, 2.24) is 24.2 Å². The van der Waals surface area contributed by atoms with Crippen LogP contribution in [0.3, 0.4) is 0 Å². The van der Waals surface area contributed by atoms with Crippen molar-refractivity contribution in [3.8, 4) is 11.8 Å². The molecule has 1 aromatic carbocycles. The molecule has 1 saturated heterocycles. The van der Waals surface area contributed by atoms with Gasteiger partial charge in [-0.1, -0.05) is 24.1 Å². The molecule has 35 heavy (non-hydrogen) atoms. The number of hydrogen-bond acceptors (Lipinski definition) is 5. The summed E-state index contributed by atoms with van der Waals surface area (Å²) in [7, 11) is 1.70. The highest BCUT2D eigenvalue weighted by Gasteiger charge is 2.35. The molecule has 180 valence electrons. The molecule has 2 amide bonds. The van der Waals surface area contributed by atoms with Crippen LogP contribution in [0.4, 0.5) is 5.82 Å². The first-order chi connectivity index (χ1) is 16.8. The van der Waals surface area contributed by atoms with E-state index in [1.807, 2.05) is 25.4 Å². The number of amides is 2. The second-order valence-electron chi connectivity index (χ2n) is 9.02. The molecule has 2 atom stereocenters. The summed E-state index contributed by atoms with van der Waals surface area (Å²) >= 11 is 6.55. The fourth-order valence-electron chi connectivity index (χ4n) is 4.78. The van der Waals surface area contributed by atoms with Crippen LogP contribution in [-0.4, -0.2) is 55.7 Å². The number of rotatable bonds is 5. The molecule has 2 aromatic heterocycles. The Morgan fingerprint density at radius 1 is 1.29 bits per heavy atom. The molecule has 1 aliphatic heterocycles. The van der Waals surface area contributed by atoms with Crippen LogP contribution in [0.15, 0.2) is 31.1 Å². The normalized spacial score (nSPS) is 19.5. The van der Waals surface area contributed by atoms with E-state index in [2.05, 4.69) is 38.4 Å². The number of carbonyl (C=O) groups is 2. The lowest BCUT2D eigenvalue weighted by molar-refractivity contribution is -0.126. The molecule has 1 saturated carbocycles. The Morgan fingerprint density at radius 3 is 2.71 bits per heavy atom. The van der Waals surface area contributed by atoms with Gasteiger partial charge in [0.05, 0.1) is 28.4 Å². The summed E-state index contributed by atoms with van der Waals surface area (Å²) in [5.41, 5.74) is 8.57. The van der Waals surface area contributed by atoms with E-state index in [-0.39, 0.29) is 29.2 Å². The molecule has 2 fully saturated rings. The van der Waals surface area contributed by atoms with Gasteiger partial charge in [0.15, 0.2) is 5.69 Å². The Hall–Kier alpha value is -3.77. The van der Waals surface area contributed by atoms with Gasteiger partial charge in [-0.05, 0) is 50.3 Å². The molecule has 9 nitrogen and oxygen atoms in total. The number of halogens is 1. The molecule has 2 aliphatic rings. The first-order valence-corrected chi connectivity index (χ1v) is 11.9. The van der Waals surface area contributed by atoms with Crippen LogP contribution in [0.2, 0.25) is 5.02 Å². The number of anilines is 1. The largest absolute Gasteiger partial charge is 0.373 e. The first-order valence-electron chi connectivity index (χ1n) is 11.5. The van der Waals surface area contributed by atoms with E-state index < -0.39 is 5.91 Å². The topological polar surface area (TPSA) is 111 Å². The van der Waals surface area contributed by atoms with Crippen molar-refractivity contribution in [3.05, 3.63) is 53.0 Å². The summed E-state index contributed by atoms with van der Waals surface area (Å²) in [6.07, 6.45) is 6.12. The molecule has 1 aliphatic carbocycles. The first kappa shape index (κ1) is 23.0. The maximum Gasteiger partial charge on any atom is 0.255 e. The zero-order valence-electron chi connectivity index (χ0n) is 19.6. The highest BCUT2D eigenvalue weighted by atomic mass is 35.5. The molecule has 1 unspecified atom stereocenters. The lowest BCUT2D eigenvalue weighted by Gasteiger charge is -2.19. The molecule has 0 bridgehead atoms. The van der Waals surface area contributed by atoms with Crippen molar-refractivity contribution in [2.75, 3.05) is 18.9 Å². The van der Waals surface area contributed by atoms with Crippen LogP contribution >= 0.6 is 11.6 Å². The van der Waals surface area contributed by atoms with E-state index in [9.17, 15) is 9.59 Å². The quantitative estimate of drug-likeness (QED) is 0.421. The van der Waals surface area contributed by atoms with Crippen LogP contribution in [-0.2, 0) is 4.79 Å². The summed E-state index contributed by atoms with van der Waals surface area (Å²) in [6, 6.07) is 4.08. The van der Waals surface area contributed by atoms with Gasteiger partial charge in [-0.25, -0.2) is 9.67 Å². The molecule has 0 spiro atoms. The van der Waals surface area contributed by atoms with Crippen molar-refractivity contribution >= 4 is 40.3 Å². The summed E-state index contributed by atoms with van der Waals surface area (Å²) in [5, 5.41) is 8.18. The average molecular weight is 492 g/mol. The predicted octanol–water partition coefficient (Wildman–Crippen LogP) is 3.11. The third-order valence-corrected chi connectivity index (χ3v) is 6.98. The number of likely N-dealkylation sites (tertiary alicyclic amines) is 1. The van der Waals surface area contributed by atoms with E-state index in [4.69, 9.17) is 17.3 Å². The molecular weight excluding hydrogens is 466 g/mol. The smallest absolute Gasteiger partial charge is 0.255 e. The van der Waals surface area contributed by atoms with Gasteiger partial charge in [0.2, 0.25) is 5.91 Å². The third kappa shape index (κ3) is 4.04. The van der Waals surface area contributed by atoms with Gasteiger partial charge in [-0.15, -0.1) is 0 Å². The minimum Gasteiger partial charge on any atom is -0.373 e. The SMILES string of the molecule is C=CC(=O)N1CC(n2nc(C#Cc3cc4ncn(C5CC5)c4cc3Cl)c(C(N)=O)c2NC)C[C@H]1C. The van der Waals surface area contributed by atoms with Crippen LogP contribution in [0.25, 0.3) is 11.0 Å². The van der Waals surface area contributed by atoms with Crippen LogP contribution < -0.4 is 11.1 Å². The van der Waals surface area contributed by atoms with Crippen molar-refractivity contribution in [2.24, 2.45) is 5.73 Å². The van der Waals surface area contributed by atoms with Crippen molar-refractivity contribution < 1.29 is 9.59 Å². The van der Waals surface area contributed by atoms with Gasteiger partial charge < -0.3 is 20.5 Å². The van der Waals surface area contributed by atoms with Gasteiger partial charge in [-0.2, -0.15) is 5.10 Å². The van der Waals surface area contributed by atoms with Crippen LogP contribution in [0, 0.1) is 11.8 Å². The summed E-state index contributed by atoms with van der Waals surface area (Å²) < 4.78 is 3.85. The molecule has 10 heteroatoms. The van der Waals surface area contributed by atoms with Gasteiger partial charge in [0, 0.05) is 31.2 Å². The van der Waals surface area contributed by atoms with Gasteiger partial charge >= 0.3 is 0 Å². The minimum atomic E-state index is -0.639. The van der Waals surface area contributed by atoms with Gasteiger partial charge in [0.25, 0.3) is 5.91 Å². The number of fused-ring (bicyclic) bond motifs is 1. The predicted molar refractivity (Wildman–Crippen MR) is 134 cm³/mol. The number of nitrogens with one attached hydrogen (secondary N) is 1. The van der Waals surface area contributed by atoms with Crippen molar-refractivity contribution in [1.29, 1.82) is 0 Å². The Morgan fingerprint density at radius 2 is 2.06 bits per heavy atom. The minimum absolute atomic E-state index is 0.00643. The molecular formula is C25H26ClN7O2. The van der Waals surface area contributed by atoms with E-state index in [1.54, 1.807) is 16.6 Å². The van der Waals surface area contributed by atoms with Crippen molar-refractivity contribution in [2.45, 2.75) is 44.3 Å². The number of aromatic nitrogens is 4. The van der Waals surface area contributed by atoms with Gasteiger partial charge in [0.1, 0.15) is 11.4 Å². The Labute approximate surface area is 207 Å². The highest BCUT2D eigenvalue weighted by molar-refractivity contribution is 6.32. The van der Waals surface area contributed by atoms with E-state index in [1.165, 1.54) is 6.08 Å². The maximum atomic E-state index is 12.4. The Bertz CT molecular complexity index is 1420. The van der Waals surface area contributed by atoms with E-state index in [0.717, 1.165) is 23.9 Å². The van der Waals surface area contributed by atoms with Crippen LogP contribution in [0.1, 0.15) is 59.9 Å². The number of carbonyl (C=O) groups excluding carboxylic acids is 2. The number of hydrogen-bond donors (Lipinski definition) is 2. The molecule has 3 heterocycles. The van der Waals surface area contributed by atoms with E-state index in [0.29, 0.717) is 35.4 Å². The molecule has 5 rings (SSSR count). The van der Waals surface area contributed by atoms with Crippen molar-refractivity contribution in [3.63, 3.8) is 0 Å². The van der Waals surface area contributed by atoms with Crippen LogP contribution in [0.5, 0.6) is 0 Å². The number of imidazole rings is 1. The number of nitrogens with two attached hydrogens (primary N) is 1. The molecule has 3 aromatic rings. The fourth-order valence-corrected chi connectivity index (χ4v) is 4.98. The molecule has 0 radical (unpaired) electrons. The lowest BCUT2D eigenvalue weighted by atomic mass is 10.1. The Balaban J connectivity index is 1.52. The zero-order chi connectivity index (χ0) is 24.9. The summed E-state index contributed by atoms with van der Waals surface area (Å²) in [6.45, 7) is 6.00. The molecule has 3 N–H and O–H groups in total. The average Bonchev–Trinajstić information content (AvgIpc) is 3.31. The second kappa shape index (κ2) is 8.78. The van der Waals surface area contributed by atoms with Gasteiger partial charge in [-0.3, -0.25) is 9.59 Å². The lowest BCUT2D eigenvalue weighted by Crippen LogP contribution is -2.32. The summed E-state index contributed by atoms with van der Waals surface area (Å²) in [5.74, 6) is 5.74.